The minimum Gasteiger partial charge on any atom is -0.293 e. The lowest BCUT2D eigenvalue weighted by atomic mass is 9.57. The topological polar surface area (TPSA) is 17.8 Å². The molecule has 6 aromatic carbocycles. The number of nitrogens with zero attached hydrogens (tertiary/aromatic N) is 2. The van der Waals surface area contributed by atoms with Crippen LogP contribution in [0.25, 0.3) is 51.1 Å². The van der Waals surface area contributed by atoms with Gasteiger partial charge in [0.1, 0.15) is 5.82 Å². The molecular weight excluding hydrogens is 677 g/mol. The first-order valence-corrected chi connectivity index (χ1v) is 20.1. The van der Waals surface area contributed by atoms with Crippen molar-refractivity contribution in [2.45, 2.75) is 38.5 Å². The fraction of sp³-hybridized carbons (Fsp3) is 0.130. The summed E-state index contributed by atoms with van der Waals surface area (Å²) in [6, 6.07) is 51.9. The van der Waals surface area contributed by atoms with Crippen LogP contribution in [0.1, 0.15) is 76.0 Å². The molecular formula is C54H42N2. The maximum Gasteiger partial charge on any atom is 0.145 e. The van der Waals surface area contributed by atoms with E-state index in [9.17, 15) is 0 Å². The SMILES string of the molecule is CC12C=CC(c3ccc(-c4nc5c(n4-c4ccccc4)C=CCC5)cc3)=CC1=C(c1ccc3c(c1)CCC=C3)c1ccccc1C2c1ccc2ccccc2c1. The van der Waals surface area contributed by atoms with Crippen molar-refractivity contribution >= 4 is 34.1 Å². The maximum atomic E-state index is 5.23. The molecule has 2 atom stereocenters. The second-order valence-corrected chi connectivity index (χ2v) is 15.9. The highest BCUT2D eigenvalue weighted by molar-refractivity contribution is 5.94. The number of para-hydroxylation sites is 1. The monoisotopic (exact) mass is 718 g/mol. The molecule has 4 aliphatic carbocycles. The van der Waals surface area contributed by atoms with E-state index < -0.39 is 0 Å². The number of hydrogen-bond acceptors (Lipinski definition) is 1. The first kappa shape index (κ1) is 32.9. The molecule has 0 N–H and O–H groups in total. The molecule has 2 nitrogen and oxygen atoms in total. The maximum absolute atomic E-state index is 5.23. The predicted octanol–water partition coefficient (Wildman–Crippen LogP) is 13.2. The second-order valence-electron chi connectivity index (χ2n) is 15.9. The molecule has 0 amide bonds. The van der Waals surface area contributed by atoms with Crippen LogP contribution in [0.3, 0.4) is 0 Å². The highest BCUT2D eigenvalue weighted by Crippen LogP contribution is 2.58. The average molecular weight is 719 g/mol. The molecule has 0 saturated carbocycles. The Morgan fingerprint density at radius 3 is 2.29 bits per heavy atom. The Balaban J connectivity index is 1.07. The van der Waals surface area contributed by atoms with Crippen LogP contribution < -0.4 is 0 Å². The van der Waals surface area contributed by atoms with Crippen LogP contribution in [0.15, 0.2) is 175 Å². The molecule has 0 radical (unpaired) electrons. The van der Waals surface area contributed by atoms with Gasteiger partial charge in [0.05, 0.1) is 11.4 Å². The van der Waals surface area contributed by atoms with Gasteiger partial charge in [-0.25, -0.2) is 4.98 Å². The molecule has 0 spiro atoms. The number of imidazole rings is 1. The Kier molecular flexibility index (Phi) is 7.67. The van der Waals surface area contributed by atoms with E-state index in [1.54, 1.807) is 0 Å². The van der Waals surface area contributed by atoms with E-state index >= 15 is 0 Å². The van der Waals surface area contributed by atoms with Crippen LogP contribution in [0.2, 0.25) is 0 Å². The molecule has 0 fully saturated rings. The Hall–Kier alpha value is -6.51. The lowest BCUT2D eigenvalue weighted by Crippen LogP contribution is -2.33. The molecule has 11 rings (SSSR count). The van der Waals surface area contributed by atoms with Gasteiger partial charge in [-0.3, -0.25) is 4.57 Å². The van der Waals surface area contributed by atoms with Gasteiger partial charge in [-0.05, 0) is 116 Å². The van der Waals surface area contributed by atoms with Crippen LogP contribution >= 0.6 is 0 Å². The van der Waals surface area contributed by atoms with Crippen LogP contribution in [0, 0.1) is 5.41 Å². The number of allylic oxidation sites excluding steroid dienone is 7. The zero-order valence-electron chi connectivity index (χ0n) is 31.6. The summed E-state index contributed by atoms with van der Waals surface area (Å²) >= 11 is 0. The van der Waals surface area contributed by atoms with E-state index in [1.165, 1.54) is 77.8 Å². The van der Waals surface area contributed by atoms with Gasteiger partial charge in [-0.2, -0.15) is 0 Å². The first-order chi connectivity index (χ1) is 27.6. The second kappa shape index (κ2) is 13.1. The van der Waals surface area contributed by atoms with Gasteiger partial charge in [0.25, 0.3) is 0 Å². The summed E-state index contributed by atoms with van der Waals surface area (Å²) in [5.41, 5.74) is 17.7. The molecule has 1 aromatic heterocycles. The molecule has 0 saturated heterocycles. The van der Waals surface area contributed by atoms with Crippen molar-refractivity contribution in [1.82, 2.24) is 9.55 Å². The molecule has 0 aliphatic heterocycles. The molecule has 0 bridgehead atoms. The molecule has 4 aliphatic rings. The molecule has 7 aromatic rings. The first-order valence-electron chi connectivity index (χ1n) is 20.1. The van der Waals surface area contributed by atoms with Crippen molar-refractivity contribution in [2.75, 3.05) is 0 Å². The van der Waals surface area contributed by atoms with Crippen LogP contribution in [-0.4, -0.2) is 9.55 Å². The largest absolute Gasteiger partial charge is 0.293 e. The van der Waals surface area contributed by atoms with Crippen molar-refractivity contribution < 1.29 is 0 Å². The summed E-state index contributed by atoms with van der Waals surface area (Å²) in [7, 11) is 0. The third-order valence-corrected chi connectivity index (χ3v) is 12.6. The fourth-order valence-electron chi connectivity index (χ4n) is 9.83. The van der Waals surface area contributed by atoms with Crippen molar-refractivity contribution in [3.8, 4) is 17.1 Å². The normalized spacial score (nSPS) is 19.3. The Morgan fingerprint density at radius 1 is 0.643 bits per heavy atom. The van der Waals surface area contributed by atoms with Gasteiger partial charge < -0.3 is 0 Å². The number of benzene rings is 6. The van der Waals surface area contributed by atoms with Crippen molar-refractivity contribution in [1.29, 1.82) is 0 Å². The standard InChI is InChI=1S/C54H42N2/c1-54-32-31-42(38-23-27-39(28-24-38)53-55-49-21-11-12-22-50(49)56(53)45-17-3-2-4-18-45)35-48(54)51(43-29-25-36-13-5-7-15-40(36)33-43)46-19-9-10-20-47(46)52(54)44-30-26-37-14-6-8-16-41(37)34-44/h2-6,8-10,12-14,16-20,22-35,52H,7,11,15,21H2,1H3. The molecule has 268 valence electrons. The van der Waals surface area contributed by atoms with E-state index in [2.05, 4.69) is 194 Å². The molecule has 56 heavy (non-hydrogen) atoms. The predicted molar refractivity (Wildman–Crippen MR) is 234 cm³/mol. The van der Waals surface area contributed by atoms with Gasteiger partial charge in [0.15, 0.2) is 0 Å². The number of aryl methyl sites for hydroxylation is 2. The number of rotatable bonds is 5. The number of hydrogen-bond donors (Lipinski definition) is 0. The highest BCUT2D eigenvalue weighted by atomic mass is 15.1. The van der Waals surface area contributed by atoms with Crippen molar-refractivity contribution in [2.24, 2.45) is 5.41 Å². The molecule has 2 unspecified atom stereocenters. The highest BCUT2D eigenvalue weighted by Gasteiger charge is 2.45. The van der Waals surface area contributed by atoms with E-state index in [-0.39, 0.29) is 11.3 Å². The minimum absolute atomic E-state index is 0.149. The van der Waals surface area contributed by atoms with E-state index in [4.69, 9.17) is 4.98 Å². The summed E-state index contributed by atoms with van der Waals surface area (Å²) in [5, 5.41) is 2.56. The summed E-state index contributed by atoms with van der Waals surface area (Å²) in [4.78, 5) is 5.23. The summed E-state index contributed by atoms with van der Waals surface area (Å²) in [6.07, 6.45) is 20.7. The zero-order chi connectivity index (χ0) is 37.2. The fourth-order valence-corrected chi connectivity index (χ4v) is 9.83. The average Bonchev–Trinajstić information content (AvgIpc) is 3.65. The minimum atomic E-state index is -0.279. The van der Waals surface area contributed by atoms with E-state index in [1.807, 2.05) is 0 Å². The molecule has 2 heteroatoms. The van der Waals surface area contributed by atoms with E-state index in [0.29, 0.717) is 0 Å². The third-order valence-electron chi connectivity index (χ3n) is 12.6. The lowest BCUT2D eigenvalue weighted by molar-refractivity contribution is 0.449. The third kappa shape index (κ3) is 5.28. The summed E-state index contributed by atoms with van der Waals surface area (Å²) in [5.74, 6) is 1.14. The smallest absolute Gasteiger partial charge is 0.145 e. The quantitative estimate of drug-likeness (QED) is 0.173. The van der Waals surface area contributed by atoms with Gasteiger partial charge >= 0.3 is 0 Å². The summed E-state index contributed by atoms with van der Waals surface area (Å²) < 4.78 is 2.32. The summed E-state index contributed by atoms with van der Waals surface area (Å²) in [6.45, 7) is 2.46. The van der Waals surface area contributed by atoms with E-state index in [0.717, 1.165) is 42.8 Å². The van der Waals surface area contributed by atoms with Gasteiger partial charge in [0, 0.05) is 22.6 Å². The Morgan fingerprint density at radius 2 is 1.39 bits per heavy atom. The number of aromatic nitrogens is 2. The lowest BCUT2D eigenvalue weighted by Gasteiger charge is -2.45. The van der Waals surface area contributed by atoms with Crippen molar-refractivity contribution in [3.63, 3.8) is 0 Å². The van der Waals surface area contributed by atoms with Gasteiger partial charge in [-0.1, -0.05) is 165 Å². The Bertz CT molecular complexity index is 2860. The molecule has 1 heterocycles. The van der Waals surface area contributed by atoms with Gasteiger partial charge in [-0.15, -0.1) is 0 Å². The van der Waals surface area contributed by atoms with Gasteiger partial charge in [0.2, 0.25) is 0 Å². The van der Waals surface area contributed by atoms with Crippen LogP contribution in [0.5, 0.6) is 0 Å². The van der Waals surface area contributed by atoms with Crippen LogP contribution in [0.4, 0.5) is 0 Å². The van der Waals surface area contributed by atoms with Crippen molar-refractivity contribution in [3.05, 3.63) is 226 Å². The van der Waals surface area contributed by atoms with Crippen LogP contribution in [-0.2, 0) is 12.8 Å². The zero-order valence-corrected chi connectivity index (χ0v) is 31.6. The number of fused-ring (bicyclic) bond motifs is 5. The Labute approximate surface area is 329 Å².